The first-order valence-electron chi connectivity index (χ1n) is 10.8. The Balaban J connectivity index is 1.41. The monoisotopic (exact) mass is 505 g/mol. The lowest BCUT2D eigenvalue weighted by molar-refractivity contribution is 0.00144. The van der Waals surface area contributed by atoms with Gasteiger partial charge < -0.3 is 9.64 Å². The molecule has 0 spiro atoms. The number of nitrogens with zero attached hydrogens (tertiary/aromatic N) is 3. The van der Waals surface area contributed by atoms with E-state index in [1.54, 1.807) is 29.2 Å². The fourth-order valence-electron chi connectivity index (χ4n) is 3.84. The van der Waals surface area contributed by atoms with E-state index in [-0.39, 0.29) is 18.1 Å². The van der Waals surface area contributed by atoms with E-state index < -0.39 is 17.7 Å². The van der Waals surface area contributed by atoms with Crippen LogP contribution >= 0.6 is 23.2 Å². The van der Waals surface area contributed by atoms with Crippen LogP contribution in [0.1, 0.15) is 27.6 Å². The van der Waals surface area contributed by atoms with Crippen LogP contribution in [0.15, 0.2) is 60.8 Å². The first kappa shape index (κ1) is 24.5. The molecule has 5 nitrogen and oxygen atoms in total. The molecule has 34 heavy (non-hydrogen) atoms. The molecule has 1 amide bonds. The molecule has 178 valence electrons. The number of amides is 1. The normalized spacial score (nSPS) is 15.4. The minimum atomic E-state index is -0.640. The van der Waals surface area contributed by atoms with Gasteiger partial charge in [-0.25, -0.2) is 13.8 Å². The maximum atomic E-state index is 14.1. The Labute approximate surface area is 206 Å². The molecule has 0 unspecified atom stereocenters. The van der Waals surface area contributed by atoms with Gasteiger partial charge in [0.25, 0.3) is 5.91 Å². The average Bonchev–Trinajstić information content (AvgIpc) is 2.84. The van der Waals surface area contributed by atoms with Crippen LogP contribution in [0.5, 0.6) is 0 Å². The summed E-state index contributed by atoms with van der Waals surface area (Å²) in [5, 5.41) is 0.927. The summed E-state index contributed by atoms with van der Waals surface area (Å²) >= 11 is 11.8. The molecule has 1 aliphatic rings. The molecule has 2 aromatic carbocycles. The molecule has 1 saturated heterocycles. The Morgan fingerprint density at radius 2 is 1.65 bits per heavy atom. The largest absolute Gasteiger partial charge is 0.367 e. The molecule has 0 bridgehead atoms. The van der Waals surface area contributed by atoms with E-state index in [0.717, 1.165) is 5.56 Å². The Kier molecular flexibility index (Phi) is 8.11. The van der Waals surface area contributed by atoms with Gasteiger partial charge in [0.2, 0.25) is 0 Å². The summed E-state index contributed by atoms with van der Waals surface area (Å²) in [6.07, 6.45) is 1.04. The number of pyridine rings is 1. The second kappa shape index (κ2) is 11.2. The van der Waals surface area contributed by atoms with Crippen LogP contribution in [0, 0.1) is 11.6 Å². The van der Waals surface area contributed by atoms with Crippen LogP contribution in [0.3, 0.4) is 0 Å². The zero-order valence-corrected chi connectivity index (χ0v) is 19.8. The summed E-state index contributed by atoms with van der Waals surface area (Å²) < 4.78 is 34.2. The first-order valence-corrected chi connectivity index (χ1v) is 11.6. The molecule has 0 saturated carbocycles. The Hall–Kier alpha value is -2.58. The van der Waals surface area contributed by atoms with Gasteiger partial charge in [-0.05, 0) is 42.0 Å². The van der Waals surface area contributed by atoms with Crippen molar-refractivity contribution in [3.8, 4) is 0 Å². The van der Waals surface area contributed by atoms with Gasteiger partial charge in [0.05, 0.1) is 18.3 Å². The first-order chi connectivity index (χ1) is 16.4. The molecule has 1 atom stereocenters. The highest BCUT2D eigenvalue weighted by Crippen LogP contribution is 2.25. The Morgan fingerprint density at radius 3 is 2.26 bits per heavy atom. The molecule has 0 radical (unpaired) electrons. The highest BCUT2D eigenvalue weighted by Gasteiger charge is 2.25. The van der Waals surface area contributed by atoms with Crippen molar-refractivity contribution in [3.05, 3.63) is 99.3 Å². The van der Waals surface area contributed by atoms with E-state index in [1.165, 1.54) is 24.4 Å². The van der Waals surface area contributed by atoms with Crippen molar-refractivity contribution in [2.24, 2.45) is 0 Å². The van der Waals surface area contributed by atoms with Crippen molar-refractivity contribution in [2.75, 3.05) is 32.7 Å². The van der Waals surface area contributed by atoms with Gasteiger partial charge >= 0.3 is 0 Å². The molecule has 3 aromatic rings. The van der Waals surface area contributed by atoms with E-state index in [1.807, 2.05) is 12.1 Å². The zero-order chi connectivity index (χ0) is 24.1. The third-order valence-corrected chi connectivity index (χ3v) is 6.27. The molecular formula is C25H23Cl2F2N3O2. The van der Waals surface area contributed by atoms with Gasteiger partial charge in [-0.1, -0.05) is 41.4 Å². The predicted molar refractivity (Wildman–Crippen MR) is 127 cm³/mol. The fraction of sp³-hybridized carbons (Fsp3) is 0.280. The number of ether oxygens (including phenoxy) is 1. The Bertz CT molecular complexity index is 1100. The van der Waals surface area contributed by atoms with Crippen molar-refractivity contribution >= 4 is 29.1 Å². The van der Waals surface area contributed by atoms with Crippen molar-refractivity contribution in [3.63, 3.8) is 0 Å². The maximum absolute atomic E-state index is 14.1. The van der Waals surface area contributed by atoms with Crippen LogP contribution < -0.4 is 0 Å². The van der Waals surface area contributed by atoms with E-state index in [4.69, 9.17) is 27.9 Å². The van der Waals surface area contributed by atoms with Crippen molar-refractivity contribution in [1.82, 2.24) is 14.8 Å². The van der Waals surface area contributed by atoms with Crippen molar-refractivity contribution in [2.45, 2.75) is 12.7 Å². The number of hydrogen-bond acceptors (Lipinski definition) is 4. The number of carbonyl (C=O) groups is 1. The summed E-state index contributed by atoms with van der Waals surface area (Å²) in [7, 11) is 0. The second-order valence-electron chi connectivity index (χ2n) is 8.01. The number of halogens is 4. The standard InChI is InChI=1S/C25H23Cl2F2N3O2/c26-19-7-4-17(5-8-19)23(34-16-20-21(28)2-1-3-22(20)29)15-31-10-12-32(13-11-31)25(33)18-6-9-24(27)30-14-18/h1-9,14,23H,10-13,15-16H2/t23-/m0/s1. The lowest BCUT2D eigenvalue weighted by Gasteiger charge is -2.36. The van der Waals surface area contributed by atoms with Gasteiger partial charge in [-0.15, -0.1) is 0 Å². The number of rotatable bonds is 7. The molecule has 2 heterocycles. The molecular weight excluding hydrogens is 483 g/mol. The van der Waals surface area contributed by atoms with Crippen LogP contribution in [-0.4, -0.2) is 53.4 Å². The second-order valence-corrected chi connectivity index (χ2v) is 8.84. The third kappa shape index (κ3) is 6.10. The molecule has 1 aliphatic heterocycles. The summed E-state index contributed by atoms with van der Waals surface area (Å²) in [6.45, 7) is 2.64. The van der Waals surface area contributed by atoms with Gasteiger partial charge in [-0.3, -0.25) is 9.69 Å². The van der Waals surface area contributed by atoms with Crippen LogP contribution in [0.2, 0.25) is 10.2 Å². The van der Waals surface area contributed by atoms with E-state index in [0.29, 0.717) is 48.5 Å². The minimum Gasteiger partial charge on any atom is -0.367 e. The third-order valence-electron chi connectivity index (χ3n) is 5.79. The van der Waals surface area contributed by atoms with Gasteiger partial charge in [0.1, 0.15) is 16.8 Å². The minimum absolute atomic E-state index is 0.0932. The van der Waals surface area contributed by atoms with Gasteiger partial charge in [-0.2, -0.15) is 0 Å². The fourth-order valence-corrected chi connectivity index (χ4v) is 4.08. The molecule has 4 rings (SSSR count). The predicted octanol–water partition coefficient (Wildman–Crippen LogP) is 5.38. The smallest absolute Gasteiger partial charge is 0.255 e. The average molecular weight is 506 g/mol. The van der Waals surface area contributed by atoms with Crippen LogP contribution in [-0.2, 0) is 11.3 Å². The highest BCUT2D eigenvalue weighted by molar-refractivity contribution is 6.30. The maximum Gasteiger partial charge on any atom is 0.255 e. The summed E-state index contributed by atoms with van der Waals surface area (Å²) in [4.78, 5) is 20.6. The van der Waals surface area contributed by atoms with E-state index in [2.05, 4.69) is 9.88 Å². The lowest BCUT2D eigenvalue weighted by atomic mass is 10.1. The van der Waals surface area contributed by atoms with Crippen LogP contribution in [0.25, 0.3) is 0 Å². The SMILES string of the molecule is O=C(c1ccc(Cl)nc1)N1CCN(C[C@H](OCc2c(F)cccc2F)c2ccc(Cl)cc2)CC1. The summed E-state index contributed by atoms with van der Waals surface area (Å²) in [5.41, 5.74) is 1.24. The van der Waals surface area contributed by atoms with E-state index in [9.17, 15) is 13.6 Å². The highest BCUT2D eigenvalue weighted by atomic mass is 35.5. The quantitative estimate of drug-likeness (QED) is 0.404. The zero-order valence-electron chi connectivity index (χ0n) is 18.3. The number of aromatic nitrogens is 1. The molecule has 0 aliphatic carbocycles. The van der Waals surface area contributed by atoms with Crippen LogP contribution in [0.4, 0.5) is 8.78 Å². The topological polar surface area (TPSA) is 45.7 Å². The van der Waals surface area contributed by atoms with Gasteiger partial charge in [0.15, 0.2) is 0 Å². The lowest BCUT2D eigenvalue weighted by Crippen LogP contribution is -2.49. The van der Waals surface area contributed by atoms with Crippen molar-refractivity contribution in [1.29, 1.82) is 0 Å². The number of carbonyl (C=O) groups excluding carboxylic acids is 1. The summed E-state index contributed by atoms with van der Waals surface area (Å²) in [5.74, 6) is -1.37. The molecule has 1 aromatic heterocycles. The molecule has 9 heteroatoms. The molecule has 0 N–H and O–H groups in total. The van der Waals surface area contributed by atoms with Gasteiger partial charge in [0, 0.05) is 49.5 Å². The summed E-state index contributed by atoms with van der Waals surface area (Å²) in [6, 6.07) is 14.2. The number of benzene rings is 2. The Morgan fingerprint density at radius 1 is 0.971 bits per heavy atom. The number of hydrogen-bond donors (Lipinski definition) is 0. The molecule has 1 fully saturated rings. The van der Waals surface area contributed by atoms with Crippen molar-refractivity contribution < 1.29 is 18.3 Å². The number of piperazine rings is 1. The van der Waals surface area contributed by atoms with E-state index >= 15 is 0 Å².